The smallest absolute Gasteiger partial charge is 0.220 e. The van der Waals surface area contributed by atoms with Crippen LogP contribution in [0.25, 0.3) is 0 Å². The molecule has 0 aromatic heterocycles. The average molecular weight is 704 g/mol. The lowest BCUT2D eigenvalue weighted by atomic mass is 9.90. The maximum absolute atomic E-state index is 12.9. The molecule has 1 saturated heterocycles. The summed E-state index contributed by atoms with van der Waals surface area (Å²) in [5, 5.41) is 65.3. The van der Waals surface area contributed by atoms with Crippen LogP contribution in [-0.4, -0.2) is 105 Å². The highest BCUT2D eigenvalue weighted by Gasteiger charge is 2.43. The zero-order valence-corrected chi connectivity index (χ0v) is 31.3. The van der Waals surface area contributed by atoms with Crippen LogP contribution in [0.5, 0.6) is 0 Å². The lowest BCUT2D eigenvalue weighted by Crippen LogP contribution is -2.59. The first-order chi connectivity index (χ1) is 23.8. The Hall–Kier alpha value is -0.850. The number of unbranched alkanes of at least 4 members (excludes halogenated alkanes) is 18. The molecule has 1 rings (SSSR count). The Morgan fingerprint density at radius 3 is 1.67 bits per heavy atom. The molecule has 0 saturated carbocycles. The Bertz CT molecular complexity index is 758. The molecule has 0 radical (unpaired) electrons. The quantitative estimate of drug-likeness (QED) is 0.0415. The predicted molar refractivity (Wildman–Crippen MR) is 195 cm³/mol. The topological polar surface area (TPSA) is 169 Å². The summed E-state index contributed by atoms with van der Waals surface area (Å²) in [5.41, 5.74) is 0. The van der Waals surface area contributed by atoms with E-state index >= 15 is 0 Å². The third-order valence-electron chi connectivity index (χ3n) is 10.1. The normalized spacial score (nSPS) is 23.0. The van der Waals surface area contributed by atoms with E-state index < -0.39 is 55.4 Å². The van der Waals surface area contributed by atoms with E-state index in [-0.39, 0.29) is 18.7 Å². The second kappa shape index (κ2) is 30.7. The van der Waals surface area contributed by atoms with E-state index in [0.717, 1.165) is 77.4 Å². The van der Waals surface area contributed by atoms with Crippen molar-refractivity contribution in [2.24, 2.45) is 0 Å². The summed E-state index contributed by atoms with van der Waals surface area (Å²) in [7, 11) is 0. The van der Waals surface area contributed by atoms with E-state index in [1.54, 1.807) is 0 Å². The number of amides is 1. The van der Waals surface area contributed by atoms with Gasteiger partial charge in [-0.05, 0) is 38.5 Å². The Kier molecular flexibility index (Phi) is 29.0. The van der Waals surface area contributed by atoms with Crippen LogP contribution in [0.15, 0.2) is 0 Å². The fourth-order valence-electron chi connectivity index (χ4n) is 6.75. The van der Waals surface area contributed by atoms with Gasteiger partial charge in [-0.1, -0.05) is 129 Å². The van der Waals surface area contributed by atoms with Crippen LogP contribution in [0.4, 0.5) is 0 Å². The molecule has 2 unspecified atom stereocenters. The molecule has 0 aromatic carbocycles. The summed E-state index contributed by atoms with van der Waals surface area (Å²) in [5.74, 6) is -0.198. The minimum absolute atomic E-state index is 0.150. The molecule has 10 heteroatoms. The van der Waals surface area contributed by atoms with Crippen molar-refractivity contribution in [3.8, 4) is 0 Å². The Labute approximate surface area is 298 Å². The molecule has 1 fully saturated rings. The molecule has 0 bridgehead atoms. The lowest BCUT2D eigenvalue weighted by molar-refractivity contribution is -0.231. The molecule has 1 aliphatic heterocycles. The van der Waals surface area contributed by atoms with Gasteiger partial charge in [0, 0.05) is 19.6 Å². The van der Waals surface area contributed by atoms with Gasteiger partial charge in [0.05, 0.1) is 31.0 Å². The van der Waals surface area contributed by atoms with Gasteiger partial charge in [0.25, 0.3) is 0 Å². The van der Waals surface area contributed by atoms with Gasteiger partial charge >= 0.3 is 0 Å². The van der Waals surface area contributed by atoms with Gasteiger partial charge in [-0.15, -0.1) is 0 Å². The van der Waals surface area contributed by atoms with Gasteiger partial charge in [-0.25, -0.2) is 0 Å². The highest BCUT2D eigenvalue weighted by Crippen LogP contribution is 2.26. The fraction of sp³-hybridized carbons (Fsp3) is 0.974. The van der Waals surface area contributed by atoms with E-state index in [1.807, 2.05) is 0 Å². The lowest BCUT2D eigenvalue weighted by Gasteiger charge is -2.40. The van der Waals surface area contributed by atoms with Crippen molar-refractivity contribution < 1.29 is 44.9 Å². The number of carbonyl (C=O) groups excluding carboxylic acids is 1. The number of rotatable bonds is 33. The number of hydrogen-bond donors (Lipinski definition) is 7. The second-order valence-electron chi connectivity index (χ2n) is 14.5. The summed E-state index contributed by atoms with van der Waals surface area (Å²) in [6, 6.07) is -0.774. The van der Waals surface area contributed by atoms with Crippen molar-refractivity contribution in [1.82, 2.24) is 5.32 Å². The molecule has 1 aliphatic rings. The minimum Gasteiger partial charge on any atom is -0.394 e. The van der Waals surface area contributed by atoms with Gasteiger partial charge in [0.2, 0.25) is 5.91 Å². The van der Waals surface area contributed by atoms with Gasteiger partial charge < -0.3 is 45.4 Å². The molecule has 0 spiro atoms. The molecular weight excluding hydrogens is 626 g/mol. The number of aliphatic hydroxyl groups is 6. The summed E-state index contributed by atoms with van der Waals surface area (Å²) in [6.45, 7) is 5.56. The third kappa shape index (κ3) is 22.0. The van der Waals surface area contributed by atoms with Gasteiger partial charge in [-0.3, -0.25) is 4.79 Å². The minimum atomic E-state index is -1.48. The van der Waals surface area contributed by atoms with Crippen molar-refractivity contribution in [3.63, 3.8) is 0 Å². The molecule has 0 aliphatic carbocycles. The Morgan fingerprint density at radius 2 is 1.10 bits per heavy atom. The largest absolute Gasteiger partial charge is 0.394 e. The van der Waals surface area contributed by atoms with E-state index in [9.17, 15) is 35.4 Å². The van der Waals surface area contributed by atoms with E-state index in [1.165, 1.54) is 70.6 Å². The van der Waals surface area contributed by atoms with Crippen molar-refractivity contribution in [2.75, 3.05) is 19.8 Å². The molecule has 49 heavy (non-hydrogen) atoms. The molecule has 292 valence electrons. The summed E-state index contributed by atoms with van der Waals surface area (Å²) in [6.07, 6.45) is 16.6. The van der Waals surface area contributed by atoms with E-state index in [4.69, 9.17) is 9.47 Å². The van der Waals surface area contributed by atoms with Crippen molar-refractivity contribution >= 4 is 5.91 Å². The first-order valence-electron chi connectivity index (χ1n) is 20.3. The number of ether oxygens (including phenoxy) is 2. The number of hydrogen-bond acceptors (Lipinski definition) is 9. The van der Waals surface area contributed by atoms with Gasteiger partial charge in [0.15, 0.2) is 0 Å². The van der Waals surface area contributed by atoms with Crippen molar-refractivity contribution in [2.45, 2.75) is 223 Å². The molecule has 1 amide bonds. The number of nitrogens with one attached hydrogen (secondary N) is 1. The van der Waals surface area contributed by atoms with Crippen LogP contribution in [0.3, 0.4) is 0 Å². The van der Waals surface area contributed by atoms with Crippen LogP contribution in [0.1, 0.15) is 174 Å². The SMILES string of the molecule is CCCCCCCCCCCCCC[C@@H](O)[C@@H](O)[C@H](CC[C@@H]1OC(CO)[C@H](O)[C@H](O)C1O)NC(=O)CCCCCCCCOCCCCC. The first-order valence-corrected chi connectivity index (χ1v) is 20.3. The molecule has 7 N–H and O–H groups in total. The number of aliphatic hydroxyl groups excluding tert-OH is 6. The first kappa shape index (κ1) is 46.2. The second-order valence-corrected chi connectivity index (χ2v) is 14.5. The van der Waals surface area contributed by atoms with Crippen LogP contribution >= 0.6 is 0 Å². The van der Waals surface area contributed by atoms with E-state index in [0.29, 0.717) is 12.8 Å². The average Bonchev–Trinajstić information content (AvgIpc) is 3.10. The fourth-order valence-corrected chi connectivity index (χ4v) is 6.75. The molecule has 1 heterocycles. The van der Waals surface area contributed by atoms with Gasteiger partial charge in [-0.2, -0.15) is 0 Å². The summed E-state index contributed by atoms with van der Waals surface area (Å²) < 4.78 is 11.3. The van der Waals surface area contributed by atoms with Crippen molar-refractivity contribution in [3.05, 3.63) is 0 Å². The van der Waals surface area contributed by atoms with Crippen LogP contribution in [0.2, 0.25) is 0 Å². The standard InChI is InChI=1S/C39H77NO9/c1-3-5-7-8-9-10-11-12-13-14-17-20-24-32(42)36(44)31(26-27-33-37(45)39(47)38(46)34(30-41)49-33)40-35(43)25-21-18-15-16-19-23-29-48-28-22-6-4-2/h31-34,36-39,41-42,44-47H,3-30H2,1-2H3,(H,40,43)/t31-,32+,33-,34?,36-,37?,38-,39+/m0/s1. The molecular formula is C39H77NO9. The Morgan fingerprint density at radius 1 is 0.633 bits per heavy atom. The Balaban J connectivity index is 2.47. The van der Waals surface area contributed by atoms with E-state index in [2.05, 4.69) is 19.2 Å². The molecule has 0 aromatic rings. The van der Waals surface area contributed by atoms with Crippen LogP contribution in [0, 0.1) is 0 Å². The highest BCUT2D eigenvalue weighted by molar-refractivity contribution is 5.76. The van der Waals surface area contributed by atoms with Gasteiger partial charge in [0.1, 0.15) is 24.4 Å². The summed E-state index contributed by atoms with van der Waals surface area (Å²) in [4.78, 5) is 12.9. The van der Waals surface area contributed by atoms with Crippen LogP contribution in [-0.2, 0) is 14.3 Å². The number of carbonyl (C=O) groups is 1. The molecule has 10 nitrogen and oxygen atoms in total. The monoisotopic (exact) mass is 704 g/mol. The highest BCUT2D eigenvalue weighted by atomic mass is 16.5. The van der Waals surface area contributed by atoms with Crippen molar-refractivity contribution in [1.29, 1.82) is 0 Å². The van der Waals surface area contributed by atoms with Crippen LogP contribution < -0.4 is 5.32 Å². The molecule has 8 atom stereocenters. The predicted octanol–water partition coefficient (Wildman–Crippen LogP) is 5.84. The maximum Gasteiger partial charge on any atom is 0.220 e. The zero-order chi connectivity index (χ0) is 36.1. The third-order valence-corrected chi connectivity index (χ3v) is 10.1. The zero-order valence-electron chi connectivity index (χ0n) is 31.3. The summed E-state index contributed by atoms with van der Waals surface area (Å²) >= 11 is 0. The maximum atomic E-state index is 12.9.